The first-order chi connectivity index (χ1) is 5.24. The highest BCUT2D eigenvalue weighted by Crippen LogP contribution is 2.21. The third-order valence-electron chi connectivity index (χ3n) is 2.10. The van der Waals surface area contributed by atoms with Gasteiger partial charge in [-0.05, 0) is 26.2 Å². The maximum atomic E-state index is 9.45. The molecule has 3 atom stereocenters. The highest BCUT2D eigenvalue weighted by atomic mass is 16.5. The molecule has 11 heavy (non-hydrogen) atoms. The van der Waals surface area contributed by atoms with Crippen LogP contribution < -0.4 is 0 Å². The summed E-state index contributed by atoms with van der Waals surface area (Å²) >= 11 is 0. The zero-order valence-electron chi connectivity index (χ0n) is 6.99. The molecule has 1 fully saturated rings. The Morgan fingerprint density at radius 1 is 1.64 bits per heavy atom. The number of ether oxygens (including phenoxy) is 1. The van der Waals surface area contributed by atoms with Crippen molar-refractivity contribution in [3.8, 4) is 0 Å². The molecule has 2 nitrogen and oxygen atoms in total. The average molecular weight is 156 g/mol. The number of hydrogen-bond donors (Lipinski definition) is 1. The van der Waals surface area contributed by atoms with E-state index in [1.807, 2.05) is 6.92 Å². The average Bonchev–Trinajstić information content (AvgIpc) is 1.98. The van der Waals surface area contributed by atoms with Gasteiger partial charge in [0.05, 0.1) is 18.3 Å². The lowest BCUT2D eigenvalue weighted by Crippen LogP contribution is -2.37. The Bertz CT molecular complexity index is 134. The number of aliphatic hydroxyl groups is 1. The van der Waals surface area contributed by atoms with E-state index in [1.165, 1.54) is 0 Å². The third-order valence-corrected chi connectivity index (χ3v) is 2.10. The lowest BCUT2D eigenvalue weighted by molar-refractivity contribution is -0.108. The maximum absolute atomic E-state index is 9.45. The van der Waals surface area contributed by atoms with Crippen molar-refractivity contribution < 1.29 is 9.84 Å². The van der Waals surface area contributed by atoms with Gasteiger partial charge in [0.15, 0.2) is 0 Å². The van der Waals surface area contributed by atoms with Gasteiger partial charge in [-0.1, -0.05) is 6.08 Å². The lowest BCUT2D eigenvalue weighted by Gasteiger charge is -2.31. The topological polar surface area (TPSA) is 29.5 Å². The van der Waals surface area contributed by atoms with Gasteiger partial charge in [0.2, 0.25) is 0 Å². The summed E-state index contributed by atoms with van der Waals surface area (Å²) in [4.78, 5) is 0. The van der Waals surface area contributed by atoms with E-state index >= 15 is 0 Å². The van der Waals surface area contributed by atoms with Gasteiger partial charge in [0.1, 0.15) is 0 Å². The molecular weight excluding hydrogens is 140 g/mol. The van der Waals surface area contributed by atoms with Crippen LogP contribution in [0.3, 0.4) is 0 Å². The molecule has 0 amide bonds. The predicted octanol–water partition coefficient (Wildman–Crippen LogP) is 1.49. The SMILES string of the molecule is C=CCC1OC(C)CCC1O. The minimum Gasteiger partial charge on any atom is -0.390 e. The molecule has 3 unspecified atom stereocenters. The fourth-order valence-electron chi connectivity index (χ4n) is 1.43. The fraction of sp³-hybridized carbons (Fsp3) is 0.778. The van der Waals surface area contributed by atoms with E-state index in [-0.39, 0.29) is 12.2 Å². The first-order valence-corrected chi connectivity index (χ1v) is 4.18. The summed E-state index contributed by atoms with van der Waals surface area (Å²) in [5.41, 5.74) is 0. The van der Waals surface area contributed by atoms with Crippen LogP contribution >= 0.6 is 0 Å². The summed E-state index contributed by atoms with van der Waals surface area (Å²) < 4.78 is 5.52. The van der Waals surface area contributed by atoms with Crippen LogP contribution in [0.4, 0.5) is 0 Å². The molecule has 0 saturated carbocycles. The van der Waals surface area contributed by atoms with Crippen molar-refractivity contribution in [1.82, 2.24) is 0 Å². The van der Waals surface area contributed by atoms with Crippen molar-refractivity contribution >= 4 is 0 Å². The summed E-state index contributed by atoms with van der Waals surface area (Å²) in [6.45, 7) is 5.67. The van der Waals surface area contributed by atoms with Gasteiger partial charge >= 0.3 is 0 Å². The molecule has 0 bridgehead atoms. The van der Waals surface area contributed by atoms with E-state index in [1.54, 1.807) is 6.08 Å². The van der Waals surface area contributed by atoms with Crippen molar-refractivity contribution in [2.24, 2.45) is 0 Å². The number of aliphatic hydroxyl groups excluding tert-OH is 1. The molecule has 0 aliphatic carbocycles. The molecule has 64 valence electrons. The first-order valence-electron chi connectivity index (χ1n) is 4.18. The summed E-state index contributed by atoms with van der Waals surface area (Å²) in [5.74, 6) is 0. The van der Waals surface area contributed by atoms with E-state index in [0.717, 1.165) is 19.3 Å². The zero-order valence-corrected chi connectivity index (χ0v) is 6.99. The molecule has 1 rings (SSSR count). The molecule has 0 aromatic rings. The highest BCUT2D eigenvalue weighted by Gasteiger charge is 2.26. The Morgan fingerprint density at radius 2 is 2.36 bits per heavy atom. The summed E-state index contributed by atoms with van der Waals surface area (Å²) in [6, 6.07) is 0. The Hall–Kier alpha value is -0.340. The highest BCUT2D eigenvalue weighted by molar-refractivity contribution is 4.82. The molecule has 1 saturated heterocycles. The van der Waals surface area contributed by atoms with E-state index in [4.69, 9.17) is 4.74 Å². The van der Waals surface area contributed by atoms with Gasteiger partial charge in [0.25, 0.3) is 0 Å². The molecule has 0 aromatic heterocycles. The largest absolute Gasteiger partial charge is 0.390 e. The van der Waals surface area contributed by atoms with Crippen LogP contribution in [0.15, 0.2) is 12.7 Å². The normalized spacial score (nSPS) is 38.5. The van der Waals surface area contributed by atoms with Gasteiger partial charge in [-0.25, -0.2) is 0 Å². The lowest BCUT2D eigenvalue weighted by atomic mass is 10.00. The monoisotopic (exact) mass is 156 g/mol. The summed E-state index contributed by atoms with van der Waals surface area (Å²) in [7, 11) is 0. The van der Waals surface area contributed by atoms with E-state index in [0.29, 0.717) is 6.10 Å². The molecule has 1 heterocycles. The first kappa shape index (κ1) is 8.75. The van der Waals surface area contributed by atoms with Crippen LogP contribution in [-0.2, 0) is 4.74 Å². The van der Waals surface area contributed by atoms with Crippen molar-refractivity contribution in [2.45, 2.75) is 44.5 Å². The second kappa shape index (κ2) is 3.88. The second-order valence-electron chi connectivity index (χ2n) is 3.15. The number of rotatable bonds is 2. The van der Waals surface area contributed by atoms with Crippen molar-refractivity contribution in [3.63, 3.8) is 0 Å². The van der Waals surface area contributed by atoms with Crippen LogP contribution in [0.1, 0.15) is 26.2 Å². The molecule has 1 N–H and O–H groups in total. The zero-order chi connectivity index (χ0) is 8.27. The van der Waals surface area contributed by atoms with Crippen LogP contribution in [0.5, 0.6) is 0 Å². The minimum atomic E-state index is -0.288. The van der Waals surface area contributed by atoms with Crippen LogP contribution in [0, 0.1) is 0 Å². The van der Waals surface area contributed by atoms with Gasteiger partial charge in [-0.2, -0.15) is 0 Å². The van der Waals surface area contributed by atoms with Crippen molar-refractivity contribution in [2.75, 3.05) is 0 Å². The molecule has 0 radical (unpaired) electrons. The van der Waals surface area contributed by atoms with Crippen LogP contribution in [0.2, 0.25) is 0 Å². The molecule has 2 heteroatoms. The molecule has 0 spiro atoms. The van der Waals surface area contributed by atoms with Crippen LogP contribution in [0.25, 0.3) is 0 Å². The Kier molecular flexibility index (Phi) is 3.09. The van der Waals surface area contributed by atoms with E-state index < -0.39 is 0 Å². The van der Waals surface area contributed by atoms with Gasteiger partial charge in [-0.15, -0.1) is 6.58 Å². The minimum absolute atomic E-state index is 0.0174. The quantitative estimate of drug-likeness (QED) is 0.614. The van der Waals surface area contributed by atoms with Crippen LogP contribution in [-0.4, -0.2) is 23.4 Å². The smallest absolute Gasteiger partial charge is 0.0871 e. The van der Waals surface area contributed by atoms with Crippen molar-refractivity contribution in [3.05, 3.63) is 12.7 Å². The van der Waals surface area contributed by atoms with E-state index in [2.05, 4.69) is 6.58 Å². The number of hydrogen-bond acceptors (Lipinski definition) is 2. The summed E-state index contributed by atoms with van der Waals surface area (Å²) in [6.07, 6.45) is 4.37. The molecule has 0 aromatic carbocycles. The van der Waals surface area contributed by atoms with Crippen molar-refractivity contribution in [1.29, 1.82) is 0 Å². The third kappa shape index (κ3) is 2.31. The van der Waals surface area contributed by atoms with Gasteiger partial charge in [-0.3, -0.25) is 0 Å². The Balaban J connectivity index is 2.40. The summed E-state index contributed by atoms with van der Waals surface area (Å²) in [5, 5.41) is 9.45. The maximum Gasteiger partial charge on any atom is 0.0871 e. The standard InChI is InChI=1S/C9H16O2/c1-3-4-9-8(10)6-5-7(2)11-9/h3,7-10H,1,4-6H2,2H3. The molecule has 1 aliphatic rings. The predicted molar refractivity (Wildman–Crippen MR) is 44.4 cm³/mol. The second-order valence-corrected chi connectivity index (χ2v) is 3.15. The molecule has 1 aliphatic heterocycles. The molecular formula is C9H16O2. The van der Waals surface area contributed by atoms with Gasteiger partial charge in [0, 0.05) is 0 Å². The Labute approximate surface area is 67.9 Å². The van der Waals surface area contributed by atoms with Gasteiger partial charge < -0.3 is 9.84 Å². The van der Waals surface area contributed by atoms with E-state index in [9.17, 15) is 5.11 Å². The fourth-order valence-corrected chi connectivity index (χ4v) is 1.43. The Morgan fingerprint density at radius 3 is 3.00 bits per heavy atom.